The van der Waals surface area contributed by atoms with Crippen LogP contribution in [-0.4, -0.2) is 14.5 Å². The predicted molar refractivity (Wildman–Crippen MR) is 251 cm³/mol. The van der Waals surface area contributed by atoms with Gasteiger partial charge in [-0.25, -0.2) is 0 Å². The van der Waals surface area contributed by atoms with Crippen LogP contribution < -0.4 is 9.47 Å². The fraction of sp³-hybridized carbons (Fsp3) is 0.143. The molecule has 0 aliphatic carbocycles. The van der Waals surface area contributed by atoms with Gasteiger partial charge in [0.15, 0.2) is 23.0 Å². The average Bonchev–Trinajstić information content (AvgIpc) is 3.90. The van der Waals surface area contributed by atoms with Gasteiger partial charge >= 0.3 is 0 Å². The second-order valence-electron chi connectivity index (χ2n) is 16.0. The van der Waals surface area contributed by atoms with Gasteiger partial charge in [-0.05, 0) is 94.7 Å². The minimum Gasteiger partial charge on any atom is -0.500 e. The van der Waals surface area contributed by atoms with Crippen molar-refractivity contribution in [1.29, 1.82) is 0 Å². The number of nitrogens with zero attached hydrogens (tertiary/aromatic N) is 3. The zero-order chi connectivity index (χ0) is 47.5. The van der Waals surface area contributed by atoms with Gasteiger partial charge in [0, 0.05) is 51.7 Å². The van der Waals surface area contributed by atoms with Crippen molar-refractivity contribution in [2.75, 3.05) is 0 Å². The molecule has 0 fully saturated rings. The zero-order valence-electron chi connectivity index (χ0n) is 41.0. The molecule has 0 N–H and O–H groups in total. The fourth-order valence-electron chi connectivity index (χ4n) is 8.10. The summed E-state index contributed by atoms with van der Waals surface area (Å²) in [4.78, 5) is 9.36. The predicted octanol–water partition coefficient (Wildman–Crippen LogP) is 15.4. The van der Waals surface area contributed by atoms with Gasteiger partial charge < -0.3 is 23.4 Å². The largest absolute Gasteiger partial charge is 0.500 e. The van der Waals surface area contributed by atoms with E-state index in [1.807, 2.05) is 48.5 Å². The number of aryl methyl sites for hydroxylation is 2. The standard InChI is InChI=1S/C43H33N2O3.C13H12N.Ir/c1-25(2)31-21-28(27-13-6-5-7-14-27)22-32(26(3)4)41(31)45-35-18-9-8-17-34(35)44-43(45)30-16-12-15-29-33-23-39-40(24-38(33)48-42(29)30)47-37-20-11-10-19-36(37)46-39;1-10-3-6-12(7-4-10)13-8-5-11(2)9-14-13;/h5-15,17-26H,1-4H3;3-6,8-9H,1-2H3;/q2*-1;/i;1D3,2D3;. The van der Waals surface area contributed by atoms with Gasteiger partial charge in [-0.2, -0.15) is 0 Å². The maximum Gasteiger partial charge on any atom is 0.173 e. The molecule has 1 aliphatic heterocycles. The Balaban J connectivity index is 0.000000238. The second-order valence-corrected chi connectivity index (χ2v) is 16.0. The average molecular weight is 1010 g/mol. The summed E-state index contributed by atoms with van der Waals surface area (Å²) in [6, 6.07) is 53.3. The molecule has 0 amide bonds. The van der Waals surface area contributed by atoms with E-state index in [1.54, 1.807) is 12.1 Å². The van der Waals surface area contributed by atoms with E-state index >= 15 is 0 Å². The van der Waals surface area contributed by atoms with Gasteiger partial charge in [-0.15, -0.1) is 53.6 Å². The number of hydrogen-bond donors (Lipinski definition) is 0. The minimum atomic E-state index is -2.18. The van der Waals surface area contributed by atoms with Crippen LogP contribution in [0.2, 0.25) is 0 Å². The molecule has 0 saturated carbocycles. The van der Waals surface area contributed by atoms with Crippen molar-refractivity contribution in [3.05, 3.63) is 186 Å². The van der Waals surface area contributed by atoms with E-state index in [0.717, 1.165) is 38.8 Å². The summed E-state index contributed by atoms with van der Waals surface area (Å²) in [5.74, 6) is 3.98. The van der Waals surface area contributed by atoms with Crippen LogP contribution >= 0.6 is 0 Å². The minimum absolute atomic E-state index is 0. The molecule has 4 heterocycles. The van der Waals surface area contributed by atoms with Crippen LogP contribution in [0, 0.1) is 25.8 Å². The van der Waals surface area contributed by atoms with Gasteiger partial charge in [0.2, 0.25) is 0 Å². The van der Waals surface area contributed by atoms with E-state index in [9.17, 15) is 0 Å². The molecule has 0 bridgehead atoms. The van der Waals surface area contributed by atoms with Gasteiger partial charge in [-0.1, -0.05) is 112 Å². The summed E-state index contributed by atoms with van der Waals surface area (Å²) in [7, 11) is 0. The van der Waals surface area contributed by atoms with Crippen molar-refractivity contribution >= 4 is 33.0 Å². The molecule has 1 aliphatic rings. The Hall–Kier alpha value is -6.79. The first-order valence-corrected chi connectivity index (χ1v) is 20.7. The van der Waals surface area contributed by atoms with E-state index in [2.05, 4.69) is 116 Å². The van der Waals surface area contributed by atoms with Gasteiger partial charge in [0.1, 0.15) is 5.58 Å². The third-order valence-corrected chi connectivity index (χ3v) is 11.2. The van der Waals surface area contributed by atoms with E-state index < -0.39 is 13.7 Å². The number of benzene rings is 7. The van der Waals surface area contributed by atoms with Crippen LogP contribution in [0.25, 0.3) is 72.4 Å². The number of aromatic nitrogens is 3. The topological polar surface area (TPSA) is 62.3 Å². The van der Waals surface area contributed by atoms with E-state index in [1.165, 1.54) is 52.3 Å². The van der Waals surface area contributed by atoms with Crippen molar-refractivity contribution in [2.45, 2.75) is 53.2 Å². The first-order valence-electron chi connectivity index (χ1n) is 23.7. The molecule has 7 aromatic carbocycles. The molecule has 11 rings (SSSR count). The Morgan fingerprint density at radius 3 is 1.98 bits per heavy atom. The molecular weight excluding hydrogens is 955 g/mol. The van der Waals surface area contributed by atoms with E-state index in [4.69, 9.17) is 27.1 Å². The first-order chi connectivity index (χ1) is 32.6. The summed E-state index contributed by atoms with van der Waals surface area (Å²) in [6.45, 7) is 4.74. The molecule has 3 aromatic heterocycles. The quantitative estimate of drug-likeness (QED) is 0.155. The zero-order valence-corrected chi connectivity index (χ0v) is 37.4. The number of fused-ring (bicyclic) bond motifs is 6. The number of para-hydroxylation sites is 4. The third-order valence-electron chi connectivity index (χ3n) is 11.2. The summed E-state index contributed by atoms with van der Waals surface area (Å²) in [5, 5.41) is 1.91. The summed E-state index contributed by atoms with van der Waals surface area (Å²) >= 11 is 0. The van der Waals surface area contributed by atoms with Crippen molar-refractivity contribution in [3.8, 4) is 62.5 Å². The molecule has 313 valence electrons. The number of ether oxygens (including phenoxy) is 2. The first kappa shape index (κ1) is 34.8. The fourth-order valence-corrected chi connectivity index (χ4v) is 8.10. The van der Waals surface area contributed by atoms with Crippen LogP contribution in [-0.2, 0) is 20.1 Å². The molecule has 7 heteroatoms. The van der Waals surface area contributed by atoms with Crippen molar-refractivity contribution in [2.24, 2.45) is 0 Å². The monoisotopic (exact) mass is 1010 g/mol. The molecule has 63 heavy (non-hydrogen) atoms. The van der Waals surface area contributed by atoms with Crippen LogP contribution in [0.5, 0.6) is 23.0 Å². The number of rotatable bonds is 6. The molecule has 0 saturated heterocycles. The molecule has 0 atom stereocenters. The Labute approximate surface area is 390 Å². The maximum absolute atomic E-state index is 7.28. The Morgan fingerprint density at radius 2 is 1.32 bits per heavy atom. The Kier molecular flexibility index (Phi) is 9.47. The normalized spacial score (nSPS) is 13.6. The molecule has 1 radical (unpaired) electrons. The van der Waals surface area contributed by atoms with E-state index in [-0.39, 0.29) is 43.1 Å². The van der Waals surface area contributed by atoms with Crippen molar-refractivity contribution in [3.63, 3.8) is 0 Å². The molecule has 6 nitrogen and oxygen atoms in total. The van der Waals surface area contributed by atoms with Crippen LogP contribution in [0.15, 0.2) is 156 Å². The van der Waals surface area contributed by atoms with Crippen LogP contribution in [0.1, 0.15) is 70.0 Å². The van der Waals surface area contributed by atoms with Gasteiger partial charge in [0.25, 0.3) is 0 Å². The van der Waals surface area contributed by atoms with Crippen LogP contribution in [0.3, 0.4) is 0 Å². The maximum atomic E-state index is 7.28. The molecule has 10 aromatic rings. The summed E-state index contributed by atoms with van der Waals surface area (Å²) < 4.78 is 65.1. The molecule has 0 spiro atoms. The van der Waals surface area contributed by atoms with Crippen molar-refractivity contribution in [1.82, 2.24) is 14.5 Å². The summed E-state index contributed by atoms with van der Waals surface area (Å²) in [5.41, 5.74) is 11.9. The Bertz CT molecular complexity index is 3410. The number of pyridine rings is 1. The van der Waals surface area contributed by atoms with Gasteiger partial charge in [-0.3, -0.25) is 4.98 Å². The Morgan fingerprint density at radius 1 is 0.635 bits per heavy atom. The smallest absolute Gasteiger partial charge is 0.173 e. The van der Waals surface area contributed by atoms with E-state index in [0.29, 0.717) is 39.8 Å². The number of hydrogen-bond acceptors (Lipinski definition) is 5. The number of furan rings is 1. The number of imidazole rings is 1. The second kappa shape index (κ2) is 17.2. The summed E-state index contributed by atoms with van der Waals surface area (Å²) in [6.07, 6.45) is 1.30. The molecule has 0 unspecified atom stereocenters. The van der Waals surface area contributed by atoms with Gasteiger partial charge in [0.05, 0.1) is 22.4 Å². The van der Waals surface area contributed by atoms with Crippen LogP contribution in [0.4, 0.5) is 0 Å². The third kappa shape index (κ3) is 7.84. The van der Waals surface area contributed by atoms with Crippen molar-refractivity contribution < 1.29 is 42.2 Å². The SMILES string of the molecule is CC(C)c1cc(-c2ccccc2)cc(C(C)C)c1-n1c(-c2[c-]ccc3c2oc2cc4c(cc23)Oc2ccccc2O4)nc2ccccc21.[2H]C([2H])([2H])c1c[c-]c(-c2ccc(C([2H])([2H])[2H])cn2)cc1.[Ir]. The molecular formula is C56H45IrN3O3-2.